The minimum absolute atomic E-state index is 0.0897. The van der Waals surface area contributed by atoms with Crippen molar-refractivity contribution in [2.45, 2.75) is 13.8 Å². The van der Waals surface area contributed by atoms with Crippen LogP contribution in [0.2, 0.25) is 5.15 Å². The molecule has 0 saturated carbocycles. The Morgan fingerprint density at radius 1 is 1.62 bits per heavy atom. The van der Waals surface area contributed by atoms with E-state index < -0.39 is 0 Å². The number of nitrogens with zero attached hydrogens (tertiary/aromatic N) is 4. The summed E-state index contributed by atoms with van der Waals surface area (Å²) in [6.45, 7) is 5.11. The Bertz CT molecular complexity index is 401. The van der Waals surface area contributed by atoms with Gasteiger partial charge in [-0.1, -0.05) is 11.6 Å². The van der Waals surface area contributed by atoms with Gasteiger partial charge in [0, 0.05) is 13.1 Å². The minimum atomic E-state index is -0.0897. The zero-order chi connectivity index (χ0) is 12.1. The fourth-order valence-electron chi connectivity index (χ4n) is 1.35. The first-order valence-electron chi connectivity index (χ1n) is 5.00. The maximum absolute atomic E-state index is 8.78. The Labute approximate surface area is 99.9 Å². The largest absolute Gasteiger partial charge is 0.393 e. The van der Waals surface area contributed by atoms with Crippen LogP contribution in [0.25, 0.3) is 0 Å². The number of hydrogen-bond acceptors (Lipinski definition) is 5. The molecule has 1 atom stereocenters. The highest BCUT2D eigenvalue weighted by molar-refractivity contribution is 6.32. The molecule has 2 N–H and O–H groups in total. The number of rotatable bonds is 4. The summed E-state index contributed by atoms with van der Waals surface area (Å²) in [7, 11) is 0. The molecule has 0 aromatic carbocycles. The number of aromatic nitrogens is 2. The molecule has 86 valence electrons. The zero-order valence-corrected chi connectivity index (χ0v) is 10.1. The number of hydrogen-bond donors (Lipinski definition) is 1. The van der Waals surface area contributed by atoms with Gasteiger partial charge in [0.1, 0.15) is 12.0 Å². The van der Waals surface area contributed by atoms with Gasteiger partial charge in [0.2, 0.25) is 0 Å². The Morgan fingerprint density at radius 3 is 2.88 bits per heavy atom. The quantitative estimate of drug-likeness (QED) is 0.809. The molecular weight excluding hydrogens is 226 g/mol. The lowest BCUT2D eigenvalue weighted by atomic mass is 10.2. The average molecular weight is 240 g/mol. The lowest BCUT2D eigenvalue weighted by Crippen LogP contribution is -2.29. The summed E-state index contributed by atoms with van der Waals surface area (Å²) in [5.74, 6) is 0.498. The molecule has 6 heteroatoms. The summed E-state index contributed by atoms with van der Waals surface area (Å²) in [4.78, 5) is 9.80. The molecule has 1 unspecified atom stereocenters. The minimum Gasteiger partial charge on any atom is -0.393 e. The van der Waals surface area contributed by atoms with E-state index in [1.807, 2.05) is 18.7 Å². The van der Waals surface area contributed by atoms with Crippen LogP contribution in [-0.4, -0.2) is 23.1 Å². The first kappa shape index (κ1) is 12.5. The number of anilines is 2. The molecule has 16 heavy (non-hydrogen) atoms. The molecule has 5 nitrogen and oxygen atoms in total. The van der Waals surface area contributed by atoms with Crippen LogP contribution < -0.4 is 10.6 Å². The van der Waals surface area contributed by atoms with Gasteiger partial charge in [-0.25, -0.2) is 9.97 Å². The monoisotopic (exact) mass is 239 g/mol. The van der Waals surface area contributed by atoms with E-state index in [1.165, 1.54) is 6.33 Å². The second kappa shape index (κ2) is 5.52. The van der Waals surface area contributed by atoms with Gasteiger partial charge < -0.3 is 10.6 Å². The van der Waals surface area contributed by atoms with Gasteiger partial charge in [0.05, 0.1) is 12.0 Å². The number of nitrogens with two attached hydrogens (primary N) is 1. The summed E-state index contributed by atoms with van der Waals surface area (Å²) >= 11 is 5.82. The summed E-state index contributed by atoms with van der Waals surface area (Å²) in [6.07, 6.45) is 1.37. The third kappa shape index (κ3) is 2.74. The van der Waals surface area contributed by atoms with Crippen LogP contribution in [0, 0.1) is 17.2 Å². The van der Waals surface area contributed by atoms with Crippen molar-refractivity contribution in [3.63, 3.8) is 0 Å². The van der Waals surface area contributed by atoms with Crippen molar-refractivity contribution in [2.75, 3.05) is 23.7 Å². The smallest absolute Gasteiger partial charge is 0.157 e. The van der Waals surface area contributed by atoms with Crippen molar-refractivity contribution in [3.8, 4) is 6.07 Å². The predicted octanol–water partition coefficient (Wildman–Crippen LogP) is 1.70. The lowest BCUT2D eigenvalue weighted by Gasteiger charge is -2.24. The summed E-state index contributed by atoms with van der Waals surface area (Å²) in [6, 6.07) is 2.17. The fourth-order valence-corrected chi connectivity index (χ4v) is 1.48. The third-order valence-electron chi connectivity index (χ3n) is 2.21. The van der Waals surface area contributed by atoms with Crippen LogP contribution in [0.3, 0.4) is 0 Å². The van der Waals surface area contributed by atoms with Gasteiger partial charge in [-0.3, -0.25) is 0 Å². The Hall–Kier alpha value is -1.54. The lowest BCUT2D eigenvalue weighted by molar-refractivity contribution is 0.679. The molecule has 0 aliphatic heterocycles. The van der Waals surface area contributed by atoms with Crippen molar-refractivity contribution < 1.29 is 0 Å². The molecule has 1 aromatic heterocycles. The Balaban J connectivity index is 2.96. The number of nitriles is 1. The molecule has 0 spiro atoms. The molecule has 0 bridgehead atoms. The molecule has 0 fully saturated rings. The van der Waals surface area contributed by atoms with Gasteiger partial charge >= 0.3 is 0 Å². The first-order valence-corrected chi connectivity index (χ1v) is 5.38. The van der Waals surface area contributed by atoms with E-state index in [9.17, 15) is 0 Å². The molecule has 0 saturated heterocycles. The zero-order valence-electron chi connectivity index (χ0n) is 9.31. The van der Waals surface area contributed by atoms with E-state index in [0.717, 1.165) is 0 Å². The standard InChI is InChI=1S/C10H14ClN5/c1-3-16(5-7(2)4-12)10-8(13)9(11)14-6-15-10/h6-7H,3,5,13H2,1-2H3. The molecule has 1 heterocycles. The Kier molecular flexibility index (Phi) is 4.32. The number of nitrogen functional groups attached to an aromatic ring is 1. The highest BCUT2D eigenvalue weighted by Gasteiger charge is 2.15. The maximum atomic E-state index is 8.78. The Morgan fingerprint density at radius 2 is 2.31 bits per heavy atom. The second-order valence-corrected chi connectivity index (χ2v) is 3.83. The molecule has 1 aromatic rings. The summed E-state index contributed by atoms with van der Waals surface area (Å²) in [5, 5.41) is 9.03. The SMILES string of the molecule is CCN(CC(C)C#N)c1ncnc(Cl)c1N. The van der Waals surface area contributed by atoms with Gasteiger partial charge in [0.15, 0.2) is 11.0 Å². The molecule has 1 rings (SSSR count). The van der Waals surface area contributed by atoms with E-state index >= 15 is 0 Å². The van der Waals surface area contributed by atoms with Gasteiger partial charge in [-0.15, -0.1) is 0 Å². The molecular formula is C10H14ClN5. The second-order valence-electron chi connectivity index (χ2n) is 3.47. The van der Waals surface area contributed by atoms with Gasteiger partial charge in [-0.05, 0) is 13.8 Å². The molecule has 0 aliphatic rings. The van der Waals surface area contributed by atoms with E-state index in [-0.39, 0.29) is 11.1 Å². The summed E-state index contributed by atoms with van der Waals surface area (Å²) in [5.41, 5.74) is 6.15. The highest BCUT2D eigenvalue weighted by atomic mass is 35.5. The van der Waals surface area contributed by atoms with Crippen molar-refractivity contribution >= 4 is 23.1 Å². The predicted molar refractivity (Wildman–Crippen MR) is 64.1 cm³/mol. The van der Waals surface area contributed by atoms with Crippen LogP contribution in [0.15, 0.2) is 6.33 Å². The van der Waals surface area contributed by atoms with Crippen molar-refractivity contribution in [2.24, 2.45) is 5.92 Å². The highest BCUT2D eigenvalue weighted by Crippen LogP contribution is 2.25. The molecule has 0 radical (unpaired) electrons. The van der Waals surface area contributed by atoms with E-state index in [1.54, 1.807) is 0 Å². The maximum Gasteiger partial charge on any atom is 0.157 e. The average Bonchev–Trinajstić information content (AvgIpc) is 2.29. The van der Waals surface area contributed by atoms with E-state index in [0.29, 0.717) is 24.6 Å². The van der Waals surface area contributed by atoms with E-state index in [2.05, 4.69) is 16.0 Å². The van der Waals surface area contributed by atoms with Gasteiger partial charge in [-0.2, -0.15) is 5.26 Å². The van der Waals surface area contributed by atoms with Crippen LogP contribution in [0.4, 0.5) is 11.5 Å². The van der Waals surface area contributed by atoms with Crippen LogP contribution in [-0.2, 0) is 0 Å². The van der Waals surface area contributed by atoms with E-state index in [4.69, 9.17) is 22.6 Å². The number of halogens is 1. The topological polar surface area (TPSA) is 78.8 Å². The van der Waals surface area contributed by atoms with Crippen molar-refractivity contribution in [1.29, 1.82) is 5.26 Å². The normalized spacial score (nSPS) is 11.9. The first-order chi connectivity index (χ1) is 7.60. The van der Waals surface area contributed by atoms with Gasteiger partial charge in [0.25, 0.3) is 0 Å². The van der Waals surface area contributed by atoms with Crippen LogP contribution in [0.5, 0.6) is 0 Å². The van der Waals surface area contributed by atoms with Crippen LogP contribution >= 0.6 is 11.6 Å². The fraction of sp³-hybridized carbons (Fsp3) is 0.500. The third-order valence-corrected chi connectivity index (χ3v) is 2.51. The molecule has 0 aliphatic carbocycles. The molecule has 0 amide bonds. The van der Waals surface area contributed by atoms with Crippen molar-refractivity contribution in [1.82, 2.24) is 9.97 Å². The van der Waals surface area contributed by atoms with Crippen LogP contribution in [0.1, 0.15) is 13.8 Å². The van der Waals surface area contributed by atoms with Crippen molar-refractivity contribution in [3.05, 3.63) is 11.5 Å². The summed E-state index contributed by atoms with van der Waals surface area (Å²) < 4.78 is 0.